The molecule has 1 saturated carbocycles. The fraction of sp³-hybridized carbons (Fsp3) is 0.467. The number of carboxylic acids is 1. The van der Waals surface area contributed by atoms with E-state index >= 15 is 0 Å². The maximum atomic E-state index is 12.7. The molecule has 5 nitrogen and oxygen atoms in total. The average molecular weight is 309 g/mol. The van der Waals surface area contributed by atoms with Crippen LogP contribution in [-0.2, 0) is 4.79 Å². The third-order valence-corrected chi connectivity index (χ3v) is 4.58. The Balaban J connectivity index is 2.20. The molecular weight excluding hydrogens is 290 g/mol. The maximum absolute atomic E-state index is 12.7. The summed E-state index contributed by atoms with van der Waals surface area (Å²) in [5.74, 6) is -1.15. The summed E-state index contributed by atoms with van der Waals surface area (Å²) in [6.07, 6.45) is 6.63. The van der Waals surface area contributed by atoms with Gasteiger partial charge in [-0.05, 0) is 35.9 Å². The van der Waals surface area contributed by atoms with Gasteiger partial charge in [-0.3, -0.25) is 4.79 Å². The Morgan fingerprint density at radius 1 is 1.38 bits per heavy atom. The highest BCUT2D eigenvalue weighted by atomic mass is 32.1. The molecule has 6 heteroatoms. The Bertz CT molecular complexity index is 532. The van der Waals surface area contributed by atoms with Crippen LogP contribution < -0.4 is 0 Å². The number of amides is 1. The minimum absolute atomic E-state index is 0.0616. The van der Waals surface area contributed by atoms with Gasteiger partial charge in [0, 0.05) is 18.7 Å². The minimum Gasteiger partial charge on any atom is -0.478 e. The molecule has 0 radical (unpaired) electrons. The molecule has 1 aliphatic rings. The van der Waals surface area contributed by atoms with E-state index in [0.29, 0.717) is 17.0 Å². The lowest BCUT2D eigenvalue weighted by Crippen LogP contribution is -2.40. The van der Waals surface area contributed by atoms with Crippen molar-refractivity contribution in [1.29, 1.82) is 0 Å². The lowest BCUT2D eigenvalue weighted by molar-refractivity contribution is -0.131. The first kappa shape index (κ1) is 15.7. The predicted octanol–water partition coefficient (Wildman–Crippen LogP) is 2.22. The van der Waals surface area contributed by atoms with Gasteiger partial charge in [0.15, 0.2) is 0 Å². The number of rotatable bonds is 6. The molecule has 0 aliphatic heterocycles. The van der Waals surface area contributed by atoms with Crippen LogP contribution in [0.3, 0.4) is 0 Å². The number of aliphatic carboxylic acids is 1. The van der Waals surface area contributed by atoms with Gasteiger partial charge in [0.25, 0.3) is 5.91 Å². The molecule has 0 aromatic carbocycles. The minimum atomic E-state index is -1.04. The van der Waals surface area contributed by atoms with Gasteiger partial charge in [-0.25, -0.2) is 4.79 Å². The zero-order valence-corrected chi connectivity index (χ0v) is 12.5. The maximum Gasteiger partial charge on any atom is 0.328 e. The highest BCUT2D eigenvalue weighted by molar-refractivity contribution is 7.12. The molecule has 0 saturated heterocycles. The van der Waals surface area contributed by atoms with E-state index in [-0.39, 0.29) is 18.6 Å². The van der Waals surface area contributed by atoms with Crippen LogP contribution in [0.5, 0.6) is 0 Å². The highest BCUT2D eigenvalue weighted by Gasteiger charge is 2.28. The number of nitrogens with zero attached hydrogens (tertiary/aromatic N) is 1. The molecular formula is C15H19NO4S. The molecule has 114 valence electrons. The summed E-state index contributed by atoms with van der Waals surface area (Å²) in [4.78, 5) is 25.6. The van der Waals surface area contributed by atoms with Crippen molar-refractivity contribution in [3.63, 3.8) is 0 Å². The first-order valence-electron chi connectivity index (χ1n) is 7.04. The molecule has 0 atom stereocenters. The van der Waals surface area contributed by atoms with Gasteiger partial charge in [0.2, 0.25) is 0 Å². The first-order valence-corrected chi connectivity index (χ1v) is 7.91. The second kappa shape index (κ2) is 7.38. The van der Waals surface area contributed by atoms with Crippen LogP contribution in [-0.4, -0.2) is 46.2 Å². The summed E-state index contributed by atoms with van der Waals surface area (Å²) in [5, 5.41) is 19.7. The van der Waals surface area contributed by atoms with Gasteiger partial charge >= 0.3 is 5.97 Å². The molecule has 1 heterocycles. The van der Waals surface area contributed by atoms with Gasteiger partial charge in [-0.1, -0.05) is 12.8 Å². The average Bonchev–Trinajstić information content (AvgIpc) is 3.12. The number of thiophene rings is 1. The van der Waals surface area contributed by atoms with Crippen LogP contribution >= 0.6 is 11.3 Å². The number of hydrogen-bond acceptors (Lipinski definition) is 4. The zero-order valence-electron chi connectivity index (χ0n) is 11.7. The van der Waals surface area contributed by atoms with E-state index in [1.807, 2.05) is 0 Å². The lowest BCUT2D eigenvalue weighted by atomic mass is 10.1. The van der Waals surface area contributed by atoms with E-state index < -0.39 is 5.97 Å². The molecule has 2 N–H and O–H groups in total. The van der Waals surface area contributed by atoms with Gasteiger partial charge < -0.3 is 15.1 Å². The van der Waals surface area contributed by atoms with Gasteiger partial charge in [0.1, 0.15) is 0 Å². The molecule has 1 aromatic heterocycles. The van der Waals surface area contributed by atoms with Gasteiger partial charge in [0.05, 0.1) is 11.5 Å². The molecule has 0 unspecified atom stereocenters. The standard InChI is InChI=1S/C15H19NO4S/c17-9-8-16(12-3-1-2-4-12)15(20)14-11(7-10-21-14)5-6-13(18)19/h5-7,10,12,17H,1-4,8-9H2,(H,18,19). The van der Waals surface area contributed by atoms with Crippen molar-refractivity contribution in [2.45, 2.75) is 31.7 Å². The zero-order chi connectivity index (χ0) is 15.2. The summed E-state index contributed by atoms with van der Waals surface area (Å²) < 4.78 is 0. The number of hydrogen-bond donors (Lipinski definition) is 2. The second-order valence-corrected chi connectivity index (χ2v) is 5.95. The molecule has 1 aliphatic carbocycles. The van der Waals surface area contributed by atoms with Crippen LogP contribution in [0.4, 0.5) is 0 Å². The SMILES string of the molecule is O=C(O)C=Cc1ccsc1C(=O)N(CCO)C1CCCC1. The van der Waals surface area contributed by atoms with Crippen molar-refractivity contribution in [2.24, 2.45) is 0 Å². The number of aliphatic hydroxyl groups is 1. The summed E-state index contributed by atoms with van der Waals surface area (Å²) in [5.41, 5.74) is 0.619. The topological polar surface area (TPSA) is 77.8 Å². The normalized spacial score (nSPS) is 15.7. The van der Waals surface area contributed by atoms with E-state index in [0.717, 1.165) is 31.8 Å². The lowest BCUT2D eigenvalue weighted by Gasteiger charge is -2.28. The molecule has 1 aromatic rings. The van der Waals surface area contributed by atoms with Crippen molar-refractivity contribution in [3.05, 3.63) is 28.0 Å². The fourth-order valence-electron chi connectivity index (χ4n) is 2.69. The smallest absolute Gasteiger partial charge is 0.328 e. The fourth-order valence-corrected chi connectivity index (χ4v) is 3.53. The Labute approximate surface area is 127 Å². The molecule has 0 bridgehead atoms. The summed E-state index contributed by atoms with van der Waals surface area (Å²) >= 11 is 1.31. The Morgan fingerprint density at radius 2 is 2.10 bits per heavy atom. The van der Waals surface area contributed by atoms with Crippen LogP contribution in [0.25, 0.3) is 6.08 Å². The van der Waals surface area contributed by atoms with Gasteiger partial charge in [-0.15, -0.1) is 11.3 Å². The first-order chi connectivity index (χ1) is 10.1. The van der Waals surface area contributed by atoms with E-state index in [1.54, 1.807) is 16.3 Å². The monoisotopic (exact) mass is 309 g/mol. The Kier molecular flexibility index (Phi) is 5.52. The summed E-state index contributed by atoms with van der Waals surface area (Å²) in [6, 6.07) is 1.92. The van der Waals surface area contributed by atoms with Crippen molar-refractivity contribution >= 4 is 29.3 Å². The Hall–Kier alpha value is -1.66. The van der Waals surface area contributed by atoms with Gasteiger partial charge in [-0.2, -0.15) is 0 Å². The van der Waals surface area contributed by atoms with E-state index in [1.165, 1.54) is 17.4 Å². The third kappa shape index (κ3) is 3.92. The highest BCUT2D eigenvalue weighted by Crippen LogP contribution is 2.27. The van der Waals surface area contributed by atoms with Crippen LogP contribution in [0.15, 0.2) is 17.5 Å². The van der Waals surface area contributed by atoms with Crippen molar-refractivity contribution < 1.29 is 19.8 Å². The molecule has 1 amide bonds. The second-order valence-electron chi connectivity index (χ2n) is 5.04. The van der Waals surface area contributed by atoms with Crippen molar-refractivity contribution in [1.82, 2.24) is 4.90 Å². The predicted molar refractivity (Wildman–Crippen MR) is 81.4 cm³/mol. The Morgan fingerprint density at radius 3 is 2.71 bits per heavy atom. The molecule has 2 rings (SSSR count). The summed E-state index contributed by atoms with van der Waals surface area (Å²) in [7, 11) is 0. The van der Waals surface area contributed by atoms with Crippen molar-refractivity contribution in [3.8, 4) is 0 Å². The van der Waals surface area contributed by atoms with Crippen LogP contribution in [0, 0.1) is 0 Å². The molecule has 21 heavy (non-hydrogen) atoms. The molecule has 1 fully saturated rings. The van der Waals surface area contributed by atoms with E-state index in [9.17, 15) is 14.7 Å². The largest absolute Gasteiger partial charge is 0.478 e. The quantitative estimate of drug-likeness (QED) is 0.790. The van der Waals surface area contributed by atoms with Crippen LogP contribution in [0.1, 0.15) is 40.9 Å². The van der Waals surface area contributed by atoms with E-state index in [4.69, 9.17) is 5.11 Å². The third-order valence-electron chi connectivity index (χ3n) is 3.66. The molecule has 0 spiro atoms. The van der Waals surface area contributed by atoms with E-state index in [2.05, 4.69) is 0 Å². The van der Waals surface area contributed by atoms with Crippen molar-refractivity contribution in [2.75, 3.05) is 13.2 Å². The number of carboxylic acid groups (broad SMARTS) is 1. The summed E-state index contributed by atoms with van der Waals surface area (Å²) in [6.45, 7) is 0.261. The van der Waals surface area contributed by atoms with Crippen LogP contribution in [0.2, 0.25) is 0 Å². The number of carbonyl (C=O) groups excluding carboxylic acids is 1. The number of aliphatic hydroxyl groups excluding tert-OH is 1. The number of carbonyl (C=O) groups is 2.